The number of fused-ring (bicyclic) bond motifs is 1. The van der Waals surface area contributed by atoms with Gasteiger partial charge in [0.1, 0.15) is 11.3 Å². The SMILES string of the molecule is CCc1nc(Cn2ccn3nc(-c4ccc(F)cc4)c(CO)c3c2=O)no1. The Bertz CT molecular complexity index is 1160. The van der Waals surface area contributed by atoms with Gasteiger partial charge < -0.3 is 14.2 Å². The molecule has 0 aliphatic rings. The minimum atomic E-state index is -0.377. The van der Waals surface area contributed by atoms with Gasteiger partial charge in [-0.2, -0.15) is 10.1 Å². The van der Waals surface area contributed by atoms with E-state index in [-0.39, 0.29) is 30.0 Å². The number of aryl methyl sites for hydroxylation is 1. The summed E-state index contributed by atoms with van der Waals surface area (Å²) in [5, 5.41) is 18.1. The summed E-state index contributed by atoms with van der Waals surface area (Å²) in [6, 6.07) is 5.72. The van der Waals surface area contributed by atoms with E-state index in [1.54, 1.807) is 24.5 Å². The highest BCUT2D eigenvalue weighted by Crippen LogP contribution is 2.25. The van der Waals surface area contributed by atoms with Crippen LogP contribution in [0.2, 0.25) is 0 Å². The number of hydrogen-bond acceptors (Lipinski definition) is 6. The summed E-state index contributed by atoms with van der Waals surface area (Å²) in [6.07, 6.45) is 3.79. The Morgan fingerprint density at radius 1 is 1.22 bits per heavy atom. The van der Waals surface area contributed by atoms with Crippen LogP contribution in [0.1, 0.15) is 24.2 Å². The van der Waals surface area contributed by atoms with Gasteiger partial charge in [-0.25, -0.2) is 8.91 Å². The van der Waals surface area contributed by atoms with Crippen molar-refractivity contribution in [1.82, 2.24) is 24.3 Å². The van der Waals surface area contributed by atoms with Crippen LogP contribution in [0.3, 0.4) is 0 Å². The largest absolute Gasteiger partial charge is 0.392 e. The molecule has 1 N–H and O–H groups in total. The van der Waals surface area contributed by atoms with Crippen LogP contribution < -0.4 is 5.56 Å². The maximum atomic E-state index is 13.2. The molecular weight excluding hydrogens is 353 g/mol. The topological polar surface area (TPSA) is 98.5 Å². The van der Waals surface area contributed by atoms with E-state index < -0.39 is 0 Å². The number of halogens is 1. The summed E-state index contributed by atoms with van der Waals surface area (Å²) in [7, 11) is 0. The molecule has 0 spiro atoms. The predicted octanol–water partition coefficient (Wildman–Crippen LogP) is 1.79. The Labute approximate surface area is 152 Å². The Balaban J connectivity index is 1.82. The third-order valence-electron chi connectivity index (χ3n) is 4.26. The second kappa shape index (κ2) is 6.76. The van der Waals surface area contributed by atoms with E-state index in [0.717, 1.165) is 0 Å². The molecule has 0 aliphatic heterocycles. The smallest absolute Gasteiger partial charge is 0.277 e. The lowest BCUT2D eigenvalue weighted by molar-refractivity contribution is 0.283. The zero-order valence-electron chi connectivity index (χ0n) is 14.5. The molecule has 4 rings (SSSR count). The lowest BCUT2D eigenvalue weighted by Crippen LogP contribution is -2.23. The lowest BCUT2D eigenvalue weighted by atomic mass is 10.1. The van der Waals surface area contributed by atoms with Crippen molar-refractivity contribution in [3.05, 3.63) is 70.1 Å². The Morgan fingerprint density at radius 3 is 2.67 bits per heavy atom. The highest BCUT2D eigenvalue weighted by molar-refractivity contribution is 5.72. The van der Waals surface area contributed by atoms with Crippen molar-refractivity contribution in [3.63, 3.8) is 0 Å². The maximum Gasteiger partial charge on any atom is 0.277 e. The van der Waals surface area contributed by atoms with Gasteiger partial charge in [0, 0.05) is 29.9 Å². The third kappa shape index (κ3) is 3.02. The Morgan fingerprint density at radius 2 is 2.00 bits per heavy atom. The van der Waals surface area contributed by atoms with Crippen LogP contribution in [-0.4, -0.2) is 29.4 Å². The molecule has 4 aromatic rings. The molecule has 0 amide bonds. The van der Waals surface area contributed by atoms with Crippen LogP contribution in [0.5, 0.6) is 0 Å². The van der Waals surface area contributed by atoms with Crippen LogP contribution in [0.25, 0.3) is 16.8 Å². The molecular formula is C18H16FN5O3. The summed E-state index contributed by atoms with van der Waals surface area (Å²) >= 11 is 0. The zero-order valence-corrected chi connectivity index (χ0v) is 14.5. The van der Waals surface area contributed by atoms with Gasteiger partial charge in [-0.05, 0) is 24.3 Å². The van der Waals surface area contributed by atoms with Crippen molar-refractivity contribution < 1.29 is 14.0 Å². The standard InChI is InChI=1S/C18H16FN5O3/c1-2-15-20-14(22-27-15)9-23-7-8-24-17(18(23)26)13(10-25)16(21-24)11-3-5-12(19)6-4-11/h3-8,25H,2,9-10H2,1H3. The molecule has 0 aliphatic carbocycles. The van der Waals surface area contributed by atoms with Gasteiger partial charge in [-0.3, -0.25) is 4.79 Å². The first-order chi connectivity index (χ1) is 13.1. The fraction of sp³-hybridized carbons (Fsp3) is 0.222. The van der Waals surface area contributed by atoms with Crippen molar-refractivity contribution in [3.8, 4) is 11.3 Å². The molecule has 9 heteroatoms. The third-order valence-corrected chi connectivity index (χ3v) is 4.26. The van der Waals surface area contributed by atoms with E-state index in [4.69, 9.17) is 4.52 Å². The molecule has 0 saturated carbocycles. The van der Waals surface area contributed by atoms with E-state index in [1.807, 2.05) is 6.92 Å². The number of nitrogens with zero attached hydrogens (tertiary/aromatic N) is 5. The molecule has 0 atom stereocenters. The zero-order chi connectivity index (χ0) is 19.0. The molecule has 0 unspecified atom stereocenters. The van der Waals surface area contributed by atoms with Crippen molar-refractivity contribution in [2.24, 2.45) is 0 Å². The van der Waals surface area contributed by atoms with Crippen LogP contribution >= 0.6 is 0 Å². The van der Waals surface area contributed by atoms with E-state index in [1.165, 1.54) is 21.2 Å². The number of aliphatic hydroxyl groups is 1. The monoisotopic (exact) mass is 369 g/mol. The van der Waals surface area contributed by atoms with Crippen molar-refractivity contribution >= 4 is 5.52 Å². The summed E-state index contributed by atoms with van der Waals surface area (Å²) in [4.78, 5) is 17.1. The van der Waals surface area contributed by atoms with Gasteiger partial charge in [0.05, 0.1) is 18.8 Å². The highest BCUT2D eigenvalue weighted by Gasteiger charge is 2.18. The molecule has 1 aromatic carbocycles. The quantitative estimate of drug-likeness (QED) is 0.576. The molecule has 0 fully saturated rings. The molecule has 0 saturated heterocycles. The van der Waals surface area contributed by atoms with Gasteiger partial charge in [0.2, 0.25) is 5.89 Å². The first-order valence-corrected chi connectivity index (χ1v) is 8.39. The van der Waals surface area contributed by atoms with Gasteiger partial charge in [0.15, 0.2) is 5.82 Å². The first-order valence-electron chi connectivity index (χ1n) is 8.39. The molecule has 138 valence electrons. The normalized spacial score (nSPS) is 11.4. The van der Waals surface area contributed by atoms with E-state index in [9.17, 15) is 14.3 Å². The predicted molar refractivity (Wildman–Crippen MR) is 93.5 cm³/mol. The van der Waals surface area contributed by atoms with Gasteiger partial charge in [-0.15, -0.1) is 0 Å². The Kier molecular flexibility index (Phi) is 4.28. The number of rotatable bonds is 5. The second-order valence-electron chi connectivity index (χ2n) is 5.97. The highest BCUT2D eigenvalue weighted by atomic mass is 19.1. The van der Waals surface area contributed by atoms with E-state index in [2.05, 4.69) is 15.2 Å². The van der Waals surface area contributed by atoms with E-state index in [0.29, 0.717) is 35.0 Å². The fourth-order valence-corrected chi connectivity index (χ4v) is 2.92. The van der Waals surface area contributed by atoms with Gasteiger partial charge in [0.25, 0.3) is 5.56 Å². The van der Waals surface area contributed by atoms with Crippen molar-refractivity contribution in [2.75, 3.05) is 0 Å². The summed E-state index contributed by atoms with van der Waals surface area (Å²) in [5.41, 5.74) is 1.33. The van der Waals surface area contributed by atoms with E-state index >= 15 is 0 Å². The first kappa shape index (κ1) is 17.1. The van der Waals surface area contributed by atoms with Crippen molar-refractivity contribution in [2.45, 2.75) is 26.5 Å². The van der Waals surface area contributed by atoms with Gasteiger partial charge >= 0.3 is 0 Å². The molecule has 27 heavy (non-hydrogen) atoms. The summed E-state index contributed by atoms with van der Waals surface area (Å²) in [5.74, 6) is 0.516. The van der Waals surface area contributed by atoms with Crippen LogP contribution in [0.4, 0.5) is 4.39 Å². The number of hydrogen-bond donors (Lipinski definition) is 1. The van der Waals surface area contributed by atoms with Crippen LogP contribution in [-0.2, 0) is 19.6 Å². The average Bonchev–Trinajstić information content (AvgIpc) is 3.29. The molecule has 3 heterocycles. The summed E-state index contributed by atoms with van der Waals surface area (Å²) in [6.45, 7) is 1.66. The fourth-order valence-electron chi connectivity index (χ4n) is 2.92. The average molecular weight is 369 g/mol. The maximum absolute atomic E-state index is 13.2. The number of aliphatic hydroxyl groups excluding tert-OH is 1. The summed E-state index contributed by atoms with van der Waals surface area (Å²) < 4.78 is 21.1. The number of benzene rings is 1. The second-order valence-corrected chi connectivity index (χ2v) is 5.97. The van der Waals surface area contributed by atoms with Crippen LogP contribution in [0.15, 0.2) is 46.0 Å². The minimum absolute atomic E-state index is 0.140. The molecule has 0 radical (unpaired) electrons. The Hall–Kier alpha value is -3.33. The lowest BCUT2D eigenvalue weighted by Gasteiger charge is -2.03. The number of aromatic nitrogens is 5. The van der Waals surface area contributed by atoms with Crippen molar-refractivity contribution in [1.29, 1.82) is 0 Å². The molecule has 0 bridgehead atoms. The minimum Gasteiger partial charge on any atom is -0.392 e. The molecule has 3 aromatic heterocycles. The molecule has 8 nitrogen and oxygen atoms in total. The van der Waals surface area contributed by atoms with Gasteiger partial charge in [-0.1, -0.05) is 12.1 Å². The van der Waals surface area contributed by atoms with Crippen LogP contribution in [0, 0.1) is 5.82 Å².